The van der Waals surface area contributed by atoms with Crippen LogP contribution in [0.15, 0.2) is 60.7 Å². The van der Waals surface area contributed by atoms with E-state index in [-0.39, 0.29) is 17.7 Å². The minimum absolute atomic E-state index is 0.0596. The quantitative estimate of drug-likeness (QED) is 0.572. The maximum absolute atomic E-state index is 12.9. The molecule has 0 amide bonds. The van der Waals surface area contributed by atoms with Gasteiger partial charge in [-0.2, -0.15) is 0 Å². The third kappa shape index (κ3) is 4.79. The largest absolute Gasteiger partial charge is 0.453 e. The second-order valence-electron chi connectivity index (χ2n) is 6.68. The zero-order valence-corrected chi connectivity index (χ0v) is 14.4. The maximum atomic E-state index is 12.9. The molecule has 3 nitrogen and oxygen atoms in total. The molecule has 1 aliphatic rings. The summed E-state index contributed by atoms with van der Waals surface area (Å²) in [6.45, 7) is 0. The first-order valence-corrected chi connectivity index (χ1v) is 9.08. The molecule has 25 heavy (non-hydrogen) atoms. The Morgan fingerprint density at radius 2 is 1.48 bits per heavy atom. The summed E-state index contributed by atoms with van der Waals surface area (Å²) in [6, 6.07) is 18.8. The Bertz CT molecular complexity index is 688. The molecule has 2 aromatic carbocycles. The number of ketones is 1. The fourth-order valence-corrected chi connectivity index (χ4v) is 3.38. The molecule has 0 bridgehead atoms. The summed E-state index contributed by atoms with van der Waals surface area (Å²) in [5, 5.41) is 0. The first kappa shape index (κ1) is 17.4. The van der Waals surface area contributed by atoms with E-state index in [9.17, 15) is 9.59 Å². The summed E-state index contributed by atoms with van der Waals surface area (Å²) in [6.07, 6.45) is 4.70. The van der Waals surface area contributed by atoms with Gasteiger partial charge < -0.3 is 4.74 Å². The lowest BCUT2D eigenvalue weighted by Crippen LogP contribution is -2.33. The Kier molecular flexibility index (Phi) is 5.99. The fourth-order valence-electron chi connectivity index (χ4n) is 3.38. The van der Waals surface area contributed by atoms with Crippen molar-refractivity contribution in [2.24, 2.45) is 5.92 Å². The van der Waals surface area contributed by atoms with Crippen LogP contribution in [0.5, 0.6) is 0 Å². The van der Waals surface area contributed by atoms with Crippen LogP contribution in [0.25, 0.3) is 0 Å². The highest BCUT2D eigenvalue weighted by Gasteiger charge is 2.29. The van der Waals surface area contributed by atoms with Crippen molar-refractivity contribution in [2.75, 3.05) is 0 Å². The van der Waals surface area contributed by atoms with Crippen LogP contribution >= 0.6 is 0 Å². The van der Waals surface area contributed by atoms with Gasteiger partial charge in [0.2, 0.25) is 5.78 Å². The van der Waals surface area contributed by atoms with Gasteiger partial charge in [-0.15, -0.1) is 0 Å². The molecule has 3 heteroatoms. The highest BCUT2D eigenvalue weighted by atomic mass is 16.5. The zero-order valence-electron chi connectivity index (χ0n) is 14.4. The Morgan fingerprint density at radius 3 is 2.12 bits per heavy atom. The normalized spacial score (nSPS) is 16.2. The van der Waals surface area contributed by atoms with Crippen molar-refractivity contribution in [3.05, 3.63) is 71.8 Å². The number of benzene rings is 2. The number of ether oxygens (including phenoxy) is 1. The van der Waals surface area contributed by atoms with E-state index in [4.69, 9.17) is 4.74 Å². The molecule has 3 rings (SSSR count). The number of esters is 1. The van der Waals surface area contributed by atoms with Crippen molar-refractivity contribution in [1.29, 1.82) is 0 Å². The Balaban J connectivity index is 1.76. The van der Waals surface area contributed by atoms with Crippen molar-refractivity contribution in [3.8, 4) is 0 Å². The second kappa shape index (κ2) is 8.61. The van der Waals surface area contributed by atoms with Crippen LogP contribution in [-0.2, 0) is 16.0 Å². The van der Waals surface area contributed by atoms with E-state index in [1.165, 1.54) is 6.42 Å². The Morgan fingerprint density at radius 1 is 0.880 bits per heavy atom. The molecule has 1 saturated carbocycles. The van der Waals surface area contributed by atoms with Gasteiger partial charge in [0.25, 0.3) is 0 Å². The molecule has 0 N–H and O–H groups in total. The first-order valence-electron chi connectivity index (χ1n) is 9.08. The summed E-state index contributed by atoms with van der Waals surface area (Å²) in [7, 11) is 0. The number of hydrogen-bond acceptors (Lipinski definition) is 3. The monoisotopic (exact) mass is 336 g/mol. The lowest BCUT2D eigenvalue weighted by Gasteiger charge is -2.23. The maximum Gasteiger partial charge on any atom is 0.309 e. The van der Waals surface area contributed by atoms with Crippen LogP contribution in [0.2, 0.25) is 0 Å². The highest BCUT2D eigenvalue weighted by molar-refractivity contribution is 6.00. The second-order valence-corrected chi connectivity index (χ2v) is 6.68. The van der Waals surface area contributed by atoms with Gasteiger partial charge in [-0.1, -0.05) is 79.9 Å². The number of carbonyl (C=O) groups is 2. The van der Waals surface area contributed by atoms with Gasteiger partial charge in [0.05, 0.1) is 5.92 Å². The van der Waals surface area contributed by atoms with Crippen LogP contribution in [0.1, 0.15) is 48.0 Å². The molecule has 0 radical (unpaired) electrons. The molecular formula is C22H24O3. The number of carbonyl (C=O) groups excluding carboxylic acids is 2. The molecule has 0 spiro atoms. The highest BCUT2D eigenvalue weighted by Crippen LogP contribution is 2.26. The SMILES string of the molecule is O=C(OC(Cc1ccccc1)C(=O)c1ccccc1)C1CCCCC1. The summed E-state index contributed by atoms with van der Waals surface area (Å²) >= 11 is 0. The lowest BCUT2D eigenvalue weighted by atomic mass is 9.89. The first-order chi connectivity index (χ1) is 12.2. The average molecular weight is 336 g/mol. The number of Topliss-reactive ketones (excluding diaryl/α,β-unsaturated/α-hetero) is 1. The van der Waals surface area contributed by atoms with E-state index in [0.717, 1.165) is 31.2 Å². The molecule has 0 aliphatic heterocycles. The minimum Gasteiger partial charge on any atom is -0.453 e. The third-order valence-electron chi connectivity index (χ3n) is 4.81. The Labute approximate surface area is 149 Å². The summed E-state index contributed by atoms with van der Waals surface area (Å²) < 4.78 is 5.72. The van der Waals surface area contributed by atoms with E-state index < -0.39 is 6.10 Å². The molecule has 2 aromatic rings. The zero-order chi connectivity index (χ0) is 17.5. The minimum atomic E-state index is -0.765. The van der Waals surface area contributed by atoms with Crippen LogP contribution in [-0.4, -0.2) is 17.9 Å². The number of rotatable bonds is 6. The lowest BCUT2D eigenvalue weighted by molar-refractivity contribution is -0.153. The molecular weight excluding hydrogens is 312 g/mol. The van der Waals surface area contributed by atoms with E-state index in [2.05, 4.69) is 0 Å². The van der Waals surface area contributed by atoms with Crippen molar-refractivity contribution in [3.63, 3.8) is 0 Å². The molecule has 1 atom stereocenters. The fraction of sp³-hybridized carbons (Fsp3) is 0.364. The predicted molar refractivity (Wildman–Crippen MR) is 97.4 cm³/mol. The molecule has 0 heterocycles. The Hall–Kier alpha value is -2.42. The topological polar surface area (TPSA) is 43.4 Å². The van der Waals surface area contributed by atoms with Gasteiger partial charge in [-0.05, 0) is 18.4 Å². The van der Waals surface area contributed by atoms with E-state index in [1.54, 1.807) is 12.1 Å². The molecule has 0 saturated heterocycles. The van der Waals surface area contributed by atoms with E-state index >= 15 is 0 Å². The van der Waals surface area contributed by atoms with Crippen molar-refractivity contribution in [1.82, 2.24) is 0 Å². The predicted octanol–water partition coefficient (Wildman–Crippen LogP) is 4.60. The van der Waals surface area contributed by atoms with Gasteiger partial charge in [-0.25, -0.2) is 0 Å². The van der Waals surface area contributed by atoms with Gasteiger partial charge in [0.15, 0.2) is 6.10 Å². The summed E-state index contributed by atoms with van der Waals surface area (Å²) in [5.74, 6) is -0.408. The van der Waals surface area contributed by atoms with Crippen LogP contribution in [0.3, 0.4) is 0 Å². The molecule has 0 aromatic heterocycles. The molecule has 1 fully saturated rings. The summed E-state index contributed by atoms with van der Waals surface area (Å²) in [5.41, 5.74) is 1.58. The molecule has 1 aliphatic carbocycles. The standard InChI is InChI=1S/C22H24O3/c23-21(18-12-6-2-7-13-18)20(16-17-10-4-1-5-11-17)25-22(24)19-14-8-3-9-15-19/h1-2,4-7,10-13,19-20H,3,8-9,14-16H2. The van der Waals surface area contributed by atoms with E-state index in [0.29, 0.717) is 12.0 Å². The average Bonchev–Trinajstić information content (AvgIpc) is 2.69. The van der Waals surface area contributed by atoms with Crippen LogP contribution in [0.4, 0.5) is 0 Å². The smallest absolute Gasteiger partial charge is 0.309 e. The van der Waals surface area contributed by atoms with Gasteiger partial charge in [-0.3, -0.25) is 9.59 Å². The molecule has 130 valence electrons. The van der Waals surface area contributed by atoms with Gasteiger partial charge in [0, 0.05) is 12.0 Å². The van der Waals surface area contributed by atoms with E-state index in [1.807, 2.05) is 48.5 Å². The third-order valence-corrected chi connectivity index (χ3v) is 4.81. The van der Waals surface area contributed by atoms with Crippen molar-refractivity contribution in [2.45, 2.75) is 44.6 Å². The molecule has 1 unspecified atom stereocenters. The van der Waals surface area contributed by atoms with Crippen molar-refractivity contribution < 1.29 is 14.3 Å². The van der Waals surface area contributed by atoms with Crippen LogP contribution in [0, 0.1) is 5.92 Å². The number of hydrogen-bond donors (Lipinski definition) is 0. The summed E-state index contributed by atoms with van der Waals surface area (Å²) in [4.78, 5) is 25.5. The van der Waals surface area contributed by atoms with Crippen LogP contribution < -0.4 is 0 Å². The van der Waals surface area contributed by atoms with Gasteiger partial charge in [0.1, 0.15) is 0 Å². The van der Waals surface area contributed by atoms with Gasteiger partial charge >= 0.3 is 5.97 Å². The van der Waals surface area contributed by atoms with Crippen molar-refractivity contribution >= 4 is 11.8 Å².